The van der Waals surface area contributed by atoms with E-state index in [-0.39, 0.29) is 0 Å². The van der Waals surface area contributed by atoms with E-state index in [4.69, 9.17) is 0 Å². The lowest BCUT2D eigenvalue weighted by atomic mass is 9.67. The fourth-order valence-corrected chi connectivity index (χ4v) is 9.54. The van der Waals surface area contributed by atoms with Gasteiger partial charge in [-0.05, 0) is 69.1 Å². The van der Waals surface area contributed by atoms with Crippen LogP contribution in [-0.2, 0) is 5.41 Å². The summed E-state index contributed by atoms with van der Waals surface area (Å²) < 4.78 is 2.58. The van der Waals surface area contributed by atoms with Crippen molar-refractivity contribution in [3.05, 3.63) is 210 Å². The van der Waals surface area contributed by atoms with Gasteiger partial charge >= 0.3 is 0 Å². The Morgan fingerprint density at radius 1 is 0.408 bits per heavy atom. The molecule has 10 rings (SSSR count). The summed E-state index contributed by atoms with van der Waals surface area (Å²) >= 11 is 1.90. The first kappa shape index (κ1) is 28.1. The number of hydrogen-bond acceptors (Lipinski definition) is 2. The number of thiophene rings is 1. The molecule has 1 aliphatic carbocycles. The molecule has 0 amide bonds. The number of fused-ring (bicyclic) bond motifs is 7. The summed E-state index contributed by atoms with van der Waals surface area (Å²) in [6.45, 7) is 0. The molecule has 0 spiro atoms. The molecule has 1 nitrogen and oxygen atoms in total. The van der Waals surface area contributed by atoms with Crippen LogP contribution >= 0.6 is 11.3 Å². The maximum atomic E-state index is 2.47. The van der Waals surface area contributed by atoms with Gasteiger partial charge in [-0.3, -0.25) is 0 Å². The molecule has 0 bridgehead atoms. The van der Waals surface area contributed by atoms with Crippen LogP contribution in [0.25, 0.3) is 42.1 Å². The average Bonchev–Trinajstić information content (AvgIpc) is 3.70. The molecule has 0 fully saturated rings. The summed E-state index contributed by atoms with van der Waals surface area (Å²) in [5.41, 5.74) is 11.0. The highest BCUT2D eigenvalue weighted by molar-refractivity contribution is 7.26. The summed E-state index contributed by atoms with van der Waals surface area (Å²) in [7, 11) is 0. The van der Waals surface area contributed by atoms with E-state index in [2.05, 4.69) is 193 Å². The molecule has 1 heterocycles. The van der Waals surface area contributed by atoms with Gasteiger partial charge in [0.15, 0.2) is 0 Å². The lowest BCUT2D eigenvalue weighted by Crippen LogP contribution is -2.28. The molecular formula is C47H31NS. The van der Waals surface area contributed by atoms with Gasteiger partial charge in [0.2, 0.25) is 0 Å². The van der Waals surface area contributed by atoms with Crippen molar-refractivity contribution in [1.82, 2.24) is 0 Å². The van der Waals surface area contributed by atoms with Crippen molar-refractivity contribution >= 4 is 59.3 Å². The second-order valence-corrected chi connectivity index (χ2v) is 13.9. The Morgan fingerprint density at radius 3 is 1.78 bits per heavy atom. The predicted molar refractivity (Wildman–Crippen MR) is 209 cm³/mol. The molecule has 230 valence electrons. The number of nitrogens with zero attached hydrogens (tertiary/aromatic N) is 1. The zero-order chi connectivity index (χ0) is 32.4. The van der Waals surface area contributed by atoms with Gasteiger partial charge < -0.3 is 4.90 Å². The third kappa shape index (κ3) is 4.11. The van der Waals surface area contributed by atoms with Gasteiger partial charge in [0, 0.05) is 26.5 Å². The first-order chi connectivity index (χ1) is 24.3. The summed E-state index contributed by atoms with van der Waals surface area (Å²) in [5, 5.41) is 5.04. The van der Waals surface area contributed by atoms with Crippen molar-refractivity contribution in [2.24, 2.45) is 0 Å². The molecule has 1 aliphatic rings. The zero-order valence-electron chi connectivity index (χ0n) is 26.8. The quantitative estimate of drug-likeness (QED) is 0.181. The first-order valence-corrected chi connectivity index (χ1v) is 17.7. The second kappa shape index (κ2) is 11.1. The van der Waals surface area contributed by atoms with Crippen molar-refractivity contribution in [3.63, 3.8) is 0 Å². The molecular weight excluding hydrogens is 611 g/mol. The Morgan fingerprint density at radius 2 is 1.00 bits per heavy atom. The van der Waals surface area contributed by atoms with E-state index in [0.29, 0.717) is 0 Å². The molecule has 8 aromatic carbocycles. The minimum atomic E-state index is -0.416. The van der Waals surface area contributed by atoms with Crippen molar-refractivity contribution in [2.75, 3.05) is 4.90 Å². The van der Waals surface area contributed by atoms with Crippen LogP contribution in [-0.4, -0.2) is 0 Å². The van der Waals surface area contributed by atoms with Crippen molar-refractivity contribution in [3.8, 4) is 11.1 Å². The van der Waals surface area contributed by atoms with Crippen LogP contribution < -0.4 is 4.90 Å². The zero-order valence-corrected chi connectivity index (χ0v) is 27.6. The molecule has 0 unspecified atom stereocenters. The van der Waals surface area contributed by atoms with Gasteiger partial charge in [-0.2, -0.15) is 0 Å². The molecule has 9 aromatic rings. The normalized spacial score (nSPS) is 13.1. The SMILES string of the molecule is c1ccc(N(c2cccc3ccccc23)c2cccc3c2sc2cc(C4(c5ccccc5)c5ccccc5-c5ccccc54)ccc23)cc1. The van der Waals surface area contributed by atoms with Crippen molar-refractivity contribution < 1.29 is 0 Å². The largest absolute Gasteiger partial charge is 0.308 e. The van der Waals surface area contributed by atoms with Gasteiger partial charge in [-0.25, -0.2) is 0 Å². The Hall–Kier alpha value is -5.96. The standard InChI is InChI=1S/C47H31NS/c1-3-17-33(18-4-1)47(41-25-11-9-22-37(41)38-23-10-12-26-42(38)47)34-29-30-39-40-24-14-28-44(46(40)49-45(39)31-34)48(35-19-5-2-6-20-35)43-27-13-16-32-15-7-8-21-36(32)43/h1-31H. The van der Waals surface area contributed by atoms with Gasteiger partial charge in [0.1, 0.15) is 0 Å². The van der Waals surface area contributed by atoms with Crippen LogP contribution in [0.4, 0.5) is 17.1 Å². The van der Waals surface area contributed by atoms with E-state index in [0.717, 1.165) is 5.69 Å². The van der Waals surface area contributed by atoms with Crippen LogP contribution in [0.2, 0.25) is 0 Å². The Labute approximate surface area is 290 Å². The maximum Gasteiger partial charge on any atom is 0.0714 e. The van der Waals surface area contributed by atoms with Crippen molar-refractivity contribution in [1.29, 1.82) is 0 Å². The number of para-hydroxylation sites is 1. The van der Waals surface area contributed by atoms with Crippen LogP contribution in [0, 0.1) is 0 Å². The van der Waals surface area contributed by atoms with E-state index >= 15 is 0 Å². The van der Waals surface area contributed by atoms with Crippen LogP contribution in [0.3, 0.4) is 0 Å². The molecule has 0 atom stereocenters. The average molecular weight is 642 g/mol. The lowest BCUT2D eigenvalue weighted by molar-refractivity contribution is 0.770. The summed E-state index contributed by atoms with van der Waals surface area (Å²) in [6.07, 6.45) is 0. The highest BCUT2D eigenvalue weighted by atomic mass is 32.1. The Kier molecular flexibility index (Phi) is 6.34. The molecule has 1 aromatic heterocycles. The number of rotatable bonds is 5. The van der Waals surface area contributed by atoms with Crippen LogP contribution in [0.5, 0.6) is 0 Å². The summed E-state index contributed by atoms with van der Waals surface area (Å²) in [6, 6.07) is 69.1. The maximum absolute atomic E-state index is 2.47. The summed E-state index contributed by atoms with van der Waals surface area (Å²) in [4.78, 5) is 2.44. The fourth-order valence-electron chi connectivity index (χ4n) is 8.29. The van der Waals surface area contributed by atoms with E-state index in [1.54, 1.807) is 0 Å². The molecule has 0 radical (unpaired) electrons. The number of anilines is 3. The first-order valence-electron chi connectivity index (χ1n) is 16.9. The highest BCUT2D eigenvalue weighted by Gasteiger charge is 2.46. The minimum Gasteiger partial charge on any atom is -0.308 e. The van der Waals surface area contributed by atoms with E-state index in [1.807, 2.05) is 11.3 Å². The summed E-state index contributed by atoms with van der Waals surface area (Å²) in [5.74, 6) is 0. The van der Waals surface area contributed by atoms with Gasteiger partial charge in [-0.1, -0.05) is 158 Å². The van der Waals surface area contributed by atoms with E-state index in [1.165, 1.54) is 75.7 Å². The van der Waals surface area contributed by atoms with Gasteiger partial charge in [0.25, 0.3) is 0 Å². The van der Waals surface area contributed by atoms with Gasteiger partial charge in [-0.15, -0.1) is 11.3 Å². The van der Waals surface area contributed by atoms with Gasteiger partial charge in [0.05, 0.1) is 21.5 Å². The molecule has 49 heavy (non-hydrogen) atoms. The van der Waals surface area contributed by atoms with E-state index in [9.17, 15) is 0 Å². The third-order valence-corrected chi connectivity index (χ3v) is 11.5. The topological polar surface area (TPSA) is 3.24 Å². The minimum absolute atomic E-state index is 0.416. The molecule has 0 N–H and O–H groups in total. The van der Waals surface area contributed by atoms with Crippen molar-refractivity contribution in [2.45, 2.75) is 5.41 Å². The molecule has 0 saturated carbocycles. The fraction of sp³-hybridized carbons (Fsp3) is 0.0213. The number of hydrogen-bond donors (Lipinski definition) is 0. The molecule has 0 saturated heterocycles. The van der Waals surface area contributed by atoms with Crippen LogP contribution in [0.1, 0.15) is 22.3 Å². The van der Waals surface area contributed by atoms with E-state index < -0.39 is 5.41 Å². The van der Waals surface area contributed by atoms with Crippen LogP contribution in [0.15, 0.2) is 188 Å². The molecule has 0 aliphatic heterocycles. The predicted octanol–water partition coefficient (Wildman–Crippen LogP) is 13.0. The lowest BCUT2D eigenvalue weighted by Gasteiger charge is -2.33. The third-order valence-electron chi connectivity index (χ3n) is 10.3. The Bertz CT molecular complexity index is 2620. The highest BCUT2D eigenvalue weighted by Crippen LogP contribution is 2.57. The Balaban J connectivity index is 1.24. The molecule has 2 heteroatoms. The number of benzene rings is 8. The smallest absolute Gasteiger partial charge is 0.0714 e. The monoisotopic (exact) mass is 641 g/mol. The second-order valence-electron chi connectivity index (χ2n) is 12.8.